The van der Waals surface area contributed by atoms with E-state index in [0.29, 0.717) is 25.5 Å². The van der Waals surface area contributed by atoms with Crippen molar-refractivity contribution >= 4 is 23.4 Å². The quantitative estimate of drug-likeness (QED) is 0.700. The smallest absolute Gasteiger partial charge is 0.297 e. The monoisotopic (exact) mass is 297 g/mol. The Morgan fingerprint density at radius 3 is 2.33 bits per heavy atom. The Hall–Kier alpha value is -0.390. The van der Waals surface area contributed by atoms with Gasteiger partial charge in [-0.2, -0.15) is 13.2 Å². The maximum atomic E-state index is 12.0. The van der Waals surface area contributed by atoms with Gasteiger partial charge in [0, 0.05) is 31.3 Å². The van der Waals surface area contributed by atoms with Crippen molar-refractivity contribution in [3.8, 4) is 0 Å². The molecule has 6 heteroatoms. The molecule has 0 spiro atoms. The molecule has 1 rings (SSSR count). The fraction of sp³-hybridized carbons (Fsp3) is 0.500. The first-order valence-corrected chi connectivity index (χ1v) is 7.06. The molecule has 18 heavy (non-hydrogen) atoms. The summed E-state index contributed by atoms with van der Waals surface area (Å²) in [5.41, 5.74) is -3.07. The summed E-state index contributed by atoms with van der Waals surface area (Å²) >= 11 is 5.67. The van der Waals surface area contributed by atoms with E-state index in [1.165, 1.54) is 0 Å². The topological polar surface area (TPSA) is 3.24 Å². The van der Waals surface area contributed by atoms with Crippen molar-refractivity contribution in [1.82, 2.24) is 4.90 Å². The maximum absolute atomic E-state index is 12.0. The molecule has 0 radical (unpaired) electrons. The molecule has 0 aliphatic carbocycles. The van der Waals surface area contributed by atoms with Gasteiger partial charge in [-0.1, -0.05) is 30.3 Å². The van der Waals surface area contributed by atoms with Crippen molar-refractivity contribution in [2.45, 2.75) is 12.1 Å². The highest BCUT2D eigenvalue weighted by atomic mass is 35.5. The third-order valence-corrected chi connectivity index (χ3v) is 3.21. The number of halogens is 4. The second-order valence-corrected chi connectivity index (χ2v) is 5.28. The molecule has 0 fully saturated rings. The van der Waals surface area contributed by atoms with Crippen LogP contribution in [-0.4, -0.2) is 35.1 Å². The van der Waals surface area contributed by atoms with Crippen LogP contribution in [0.25, 0.3) is 0 Å². The molecule has 0 amide bonds. The van der Waals surface area contributed by atoms with Crippen molar-refractivity contribution in [3.63, 3.8) is 0 Å². The van der Waals surface area contributed by atoms with Crippen LogP contribution in [0.3, 0.4) is 0 Å². The standard InChI is InChI=1S/C12H15ClF3NS/c13-6-7-17(8-9-18-12(14,15)16)10-11-4-2-1-3-5-11/h1-5H,6-10H2. The van der Waals surface area contributed by atoms with Crippen molar-refractivity contribution in [2.24, 2.45) is 0 Å². The SMILES string of the molecule is FC(F)(F)SCCN(CCCl)Cc1ccccc1. The molecular formula is C12H15ClF3NS. The van der Waals surface area contributed by atoms with E-state index in [1.54, 1.807) is 0 Å². The van der Waals surface area contributed by atoms with E-state index in [9.17, 15) is 13.2 Å². The molecule has 1 aromatic carbocycles. The lowest BCUT2D eigenvalue weighted by Gasteiger charge is -2.21. The Kier molecular flexibility index (Phi) is 6.89. The average molecular weight is 298 g/mol. The van der Waals surface area contributed by atoms with E-state index in [-0.39, 0.29) is 17.5 Å². The predicted octanol–water partition coefficient (Wildman–Crippen LogP) is 3.98. The van der Waals surface area contributed by atoms with Crippen LogP contribution in [0, 0.1) is 0 Å². The Bertz CT molecular complexity index is 332. The molecule has 102 valence electrons. The van der Waals surface area contributed by atoms with E-state index in [4.69, 9.17) is 11.6 Å². The molecule has 0 saturated heterocycles. The molecule has 0 atom stereocenters. The van der Waals surface area contributed by atoms with Crippen LogP contribution in [0.1, 0.15) is 5.56 Å². The fourth-order valence-corrected chi connectivity index (χ4v) is 2.34. The lowest BCUT2D eigenvalue weighted by atomic mass is 10.2. The first kappa shape index (κ1) is 15.7. The van der Waals surface area contributed by atoms with Gasteiger partial charge < -0.3 is 0 Å². The zero-order chi connectivity index (χ0) is 13.4. The lowest BCUT2D eigenvalue weighted by molar-refractivity contribution is -0.0328. The summed E-state index contributed by atoms with van der Waals surface area (Å²) in [6, 6.07) is 9.66. The van der Waals surface area contributed by atoms with Crippen LogP contribution in [0.5, 0.6) is 0 Å². The minimum Gasteiger partial charge on any atom is -0.297 e. The summed E-state index contributed by atoms with van der Waals surface area (Å²) in [6.07, 6.45) is 0. The predicted molar refractivity (Wildman–Crippen MR) is 71.0 cm³/mol. The number of nitrogens with zero attached hydrogens (tertiary/aromatic N) is 1. The normalized spacial score (nSPS) is 12.1. The first-order valence-electron chi connectivity index (χ1n) is 5.54. The number of thioether (sulfide) groups is 1. The molecule has 0 unspecified atom stereocenters. The summed E-state index contributed by atoms with van der Waals surface area (Å²) in [5.74, 6) is 0.455. The summed E-state index contributed by atoms with van der Waals surface area (Å²) in [5, 5.41) is 0. The van der Waals surface area contributed by atoms with Gasteiger partial charge in [-0.05, 0) is 17.3 Å². The van der Waals surface area contributed by atoms with E-state index < -0.39 is 5.51 Å². The Morgan fingerprint density at radius 1 is 1.11 bits per heavy atom. The van der Waals surface area contributed by atoms with E-state index in [2.05, 4.69) is 0 Å². The molecule has 0 saturated carbocycles. The highest BCUT2D eigenvalue weighted by Gasteiger charge is 2.27. The van der Waals surface area contributed by atoms with E-state index >= 15 is 0 Å². The number of alkyl halides is 4. The number of rotatable bonds is 7. The van der Waals surface area contributed by atoms with E-state index in [0.717, 1.165) is 5.56 Å². The first-order chi connectivity index (χ1) is 8.51. The molecule has 0 aliphatic rings. The Labute approximate surface area is 114 Å². The van der Waals surface area contributed by atoms with Crippen molar-refractivity contribution < 1.29 is 13.2 Å². The highest BCUT2D eigenvalue weighted by Crippen LogP contribution is 2.29. The molecule has 1 nitrogen and oxygen atoms in total. The van der Waals surface area contributed by atoms with Gasteiger partial charge in [0.05, 0.1) is 0 Å². The van der Waals surface area contributed by atoms with Gasteiger partial charge in [0.2, 0.25) is 0 Å². The van der Waals surface area contributed by atoms with Crippen LogP contribution in [0.4, 0.5) is 13.2 Å². The summed E-state index contributed by atoms with van der Waals surface area (Å²) in [4.78, 5) is 1.93. The van der Waals surface area contributed by atoms with Crippen LogP contribution in [0.15, 0.2) is 30.3 Å². The number of hydrogen-bond acceptors (Lipinski definition) is 2. The van der Waals surface area contributed by atoms with Crippen LogP contribution in [0.2, 0.25) is 0 Å². The lowest BCUT2D eigenvalue weighted by Crippen LogP contribution is -2.28. The number of benzene rings is 1. The molecule has 0 aliphatic heterocycles. The highest BCUT2D eigenvalue weighted by molar-refractivity contribution is 8.00. The summed E-state index contributed by atoms with van der Waals surface area (Å²) in [6.45, 7) is 1.60. The van der Waals surface area contributed by atoms with E-state index in [1.807, 2.05) is 35.2 Å². The second kappa shape index (κ2) is 7.92. The van der Waals surface area contributed by atoms with Gasteiger partial charge >= 0.3 is 5.51 Å². The minimum absolute atomic E-state index is 0.0136. The molecule has 0 aromatic heterocycles. The molecule has 0 heterocycles. The second-order valence-electron chi connectivity index (χ2n) is 3.74. The molecule has 0 N–H and O–H groups in total. The third kappa shape index (κ3) is 7.13. The third-order valence-electron chi connectivity index (χ3n) is 2.32. The Balaban J connectivity index is 2.40. The van der Waals surface area contributed by atoms with Gasteiger partial charge in [0.1, 0.15) is 0 Å². The van der Waals surface area contributed by atoms with Crippen LogP contribution < -0.4 is 0 Å². The molecular weight excluding hydrogens is 283 g/mol. The average Bonchev–Trinajstić information content (AvgIpc) is 2.29. The van der Waals surface area contributed by atoms with Gasteiger partial charge in [-0.3, -0.25) is 4.90 Å². The van der Waals surface area contributed by atoms with Crippen molar-refractivity contribution in [3.05, 3.63) is 35.9 Å². The number of hydrogen-bond donors (Lipinski definition) is 0. The van der Waals surface area contributed by atoms with Crippen LogP contribution >= 0.6 is 23.4 Å². The maximum Gasteiger partial charge on any atom is 0.441 e. The largest absolute Gasteiger partial charge is 0.441 e. The van der Waals surface area contributed by atoms with Gasteiger partial charge in [0.15, 0.2) is 0 Å². The van der Waals surface area contributed by atoms with Crippen LogP contribution in [-0.2, 0) is 6.54 Å². The molecule has 1 aromatic rings. The summed E-state index contributed by atoms with van der Waals surface area (Å²) in [7, 11) is 0. The zero-order valence-corrected chi connectivity index (χ0v) is 11.4. The van der Waals surface area contributed by atoms with Gasteiger partial charge in [0.25, 0.3) is 0 Å². The van der Waals surface area contributed by atoms with Gasteiger partial charge in [-0.25, -0.2) is 0 Å². The minimum atomic E-state index is -4.15. The van der Waals surface area contributed by atoms with Crippen molar-refractivity contribution in [2.75, 3.05) is 24.7 Å². The van der Waals surface area contributed by atoms with Gasteiger partial charge in [-0.15, -0.1) is 11.6 Å². The van der Waals surface area contributed by atoms with Crippen molar-refractivity contribution in [1.29, 1.82) is 0 Å². The zero-order valence-electron chi connectivity index (χ0n) is 9.79. The summed E-state index contributed by atoms with van der Waals surface area (Å²) < 4.78 is 36.1. The molecule has 0 bridgehead atoms. The fourth-order valence-electron chi connectivity index (χ4n) is 1.52. The Morgan fingerprint density at radius 2 is 1.78 bits per heavy atom.